The molecule has 2 N–H and O–H groups in total. The second-order valence-corrected chi connectivity index (χ2v) is 8.80. The van der Waals surface area contributed by atoms with E-state index in [1.165, 1.54) is 43.2 Å². The summed E-state index contributed by atoms with van der Waals surface area (Å²) in [7, 11) is 0. The number of aliphatic carboxylic acids is 1. The highest BCUT2D eigenvalue weighted by atomic mass is 16.5. The minimum absolute atomic E-state index is 0.172. The second kappa shape index (κ2) is 12.5. The Morgan fingerprint density at radius 3 is 2.45 bits per heavy atom. The summed E-state index contributed by atoms with van der Waals surface area (Å²) in [6, 6.07) is 16.9. The Balaban J connectivity index is 1.46. The van der Waals surface area contributed by atoms with E-state index in [-0.39, 0.29) is 6.42 Å². The Kier molecular flexibility index (Phi) is 9.41. The fourth-order valence-corrected chi connectivity index (χ4v) is 4.46. The fourth-order valence-electron chi connectivity index (χ4n) is 4.46. The summed E-state index contributed by atoms with van der Waals surface area (Å²) < 4.78 is 6.12. The van der Waals surface area contributed by atoms with Gasteiger partial charge in [-0.15, -0.1) is 0 Å². The number of para-hydroxylation sites is 1. The molecular weight excluding hydrogens is 388 g/mol. The predicted octanol–water partition coefficient (Wildman–Crippen LogP) is 6.25. The van der Waals surface area contributed by atoms with Gasteiger partial charge in [0.05, 0.1) is 6.10 Å². The lowest BCUT2D eigenvalue weighted by Gasteiger charge is -2.22. The minimum Gasteiger partial charge on any atom is -0.489 e. The first-order chi connectivity index (χ1) is 15.1. The fraction of sp³-hybridized carbons (Fsp3) is 0.519. The molecule has 1 atom stereocenters. The molecule has 0 heterocycles. The van der Waals surface area contributed by atoms with Gasteiger partial charge < -0.3 is 14.9 Å². The maximum absolute atomic E-state index is 10.6. The number of aliphatic hydroxyl groups excluding tert-OH is 1. The Morgan fingerprint density at radius 2 is 1.71 bits per heavy atom. The van der Waals surface area contributed by atoms with Crippen molar-refractivity contribution in [2.24, 2.45) is 0 Å². The van der Waals surface area contributed by atoms with Gasteiger partial charge in [-0.25, -0.2) is 0 Å². The summed E-state index contributed by atoms with van der Waals surface area (Å²) in [6.07, 6.45) is 9.87. The molecule has 2 aromatic carbocycles. The molecule has 1 aliphatic carbocycles. The average molecular weight is 425 g/mol. The maximum atomic E-state index is 10.6. The first-order valence-corrected chi connectivity index (χ1v) is 11.8. The molecule has 3 rings (SSSR count). The summed E-state index contributed by atoms with van der Waals surface area (Å²) in [5.41, 5.74) is 3.74. The number of carbonyl (C=O) groups is 1. The summed E-state index contributed by atoms with van der Waals surface area (Å²) in [5, 5.41) is 18.9. The van der Waals surface area contributed by atoms with Crippen molar-refractivity contribution in [1.29, 1.82) is 0 Å². The molecule has 0 radical (unpaired) electrons. The Labute approximate surface area is 186 Å². The highest BCUT2D eigenvalue weighted by Gasteiger charge is 2.15. The Morgan fingerprint density at radius 1 is 0.968 bits per heavy atom. The number of hydrogen-bond donors (Lipinski definition) is 2. The first kappa shape index (κ1) is 23.3. The molecule has 0 bridgehead atoms. The number of aryl methyl sites for hydroxylation is 1. The highest BCUT2D eigenvalue weighted by molar-refractivity contribution is 5.66. The smallest absolute Gasteiger partial charge is 0.303 e. The van der Waals surface area contributed by atoms with E-state index >= 15 is 0 Å². The molecule has 31 heavy (non-hydrogen) atoms. The van der Waals surface area contributed by atoms with E-state index in [0.29, 0.717) is 25.9 Å². The van der Waals surface area contributed by atoms with Crippen molar-refractivity contribution >= 4 is 5.97 Å². The number of rotatable bonds is 12. The van der Waals surface area contributed by atoms with Crippen LogP contribution in [0, 0.1) is 0 Å². The standard InChI is InChI=1S/C27H36O4/c28-25(11-5-7-13-27(29)30)19-18-24-10-4-6-12-26(24)31-20-21-14-16-23(17-15-21)22-8-2-1-3-9-22/h4,6,10,12,14-17,22,25,28H,1-3,5,7-9,11,13,18-20H2,(H,29,30). The average Bonchev–Trinajstić information content (AvgIpc) is 2.80. The molecule has 1 fully saturated rings. The van der Waals surface area contributed by atoms with Gasteiger partial charge in [-0.3, -0.25) is 4.79 Å². The topological polar surface area (TPSA) is 66.8 Å². The number of hydrogen-bond acceptors (Lipinski definition) is 3. The largest absolute Gasteiger partial charge is 0.489 e. The van der Waals surface area contributed by atoms with Crippen LogP contribution in [0.5, 0.6) is 5.75 Å². The zero-order valence-electron chi connectivity index (χ0n) is 18.5. The zero-order valence-corrected chi connectivity index (χ0v) is 18.5. The van der Waals surface area contributed by atoms with Crippen LogP contribution in [0.1, 0.15) is 86.8 Å². The van der Waals surface area contributed by atoms with Crippen LogP contribution in [0.25, 0.3) is 0 Å². The third kappa shape index (κ3) is 8.02. The molecule has 2 aromatic rings. The normalized spacial score (nSPS) is 15.5. The maximum Gasteiger partial charge on any atom is 0.303 e. The molecule has 4 nitrogen and oxygen atoms in total. The van der Waals surface area contributed by atoms with Gasteiger partial charge in [0.15, 0.2) is 0 Å². The van der Waals surface area contributed by atoms with Crippen molar-refractivity contribution in [1.82, 2.24) is 0 Å². The number of carboxylic acid groups (broad SMARTS) is 1. The summed E-state index contributed by atoms with van der Waals surface area (Å²) in [4.78, 5) is 10.6. The first-order valence-electron chi connectivity index (χ1n) is 11.8. The van der Waals surface area contributed by atoms with E-state index in [1.54, 1.807) is 0 Å². The monoisotopic (exact) mass is 424 g/mol. The molecule has 1 saturated carbocycles. The quantitative estimate of drug-likeness (QED) is 0.395. The summed E-state index contributed by atoms with van der Waals surface area (Å²) in [5.74, 6) is 0.820. The summed E-state index contributed by atoms with van der Waals surface area (Å²) in [6.45, 7) is 0.541. The van der Waals surface area contributed by atoms with Crippen molar-refractivity contribution in [3.63, 3.8) is 0 Å². The molecule has 1 unspecified atom stereocenters. The van der Waals surface area contributed by atoms with Gasteiger partial charge in [0.25, 0.3) is 0 Å². The minimum atomic E-state index is -0.774. The van der Waals surface area contributed by atoms with Crippen molar-refractivity contribution in [3.05, 3.63) is 65.2 Å². The van der Waals surface area contributed by atoms with Crippen LogP contribution in [0.2, 0.25) is 0 Å². The van der Waals surface area contributed by atoms with Gasteiger partial charge in [0.2, 0.25) is 0 Å². The van der Waals surface area contributed by atoms with Crippen LogP contribution in [0.15, 0.2) is 48.5 Å². The second-order valence-electron chi connectivity index (χ2n) is 8.80. The van der Waals surface area contributed by atoms with Crippen LogP contribution in [0.4, 0.5) is 0 Å². The van der Waals surface area contributed by atoms with Gasteiger partial charge in [0, 0.05) is 6.42 Å². The Bertz CT molecular complexity index is 793. The van der Waals surface area contributed by atoms with E-state index in [0.717, 1.165) is 30.1 Å². The van der Waals surface area contributed by atoms with Gasteiger partial charge in [-0.1, -0.05) is 68.1 Å². The summed E-state index contributed by atoms with van der Waals surface area (Å²) >= 11 is 0. The van der Waals surface area contributed by atoms with Crippen LogP contribution < -0.4 is 4.74 Å². The van der Waals surface area contributed by atoms with E-state index in [1.807, 2.05) is 18.2 Å². The van der Waals surface area contributed by atoms with Crippen molar-refractivity contribution in [2.45, 2.75) is 89.3 Å². The van der Waals surface area contributed by atoms with Crippen molar-refractivity contribution < 1.29 is 19.7 Å². The van der Waals surface area contributed by atoms with Gasteiger partial charge in [0.1, 0.15) is 12.4 Å². The molecule has 0 saturated heterocycles. The number of carboxylic acids is 1. The molecule has 4 heteroatoms. The predicted molar refractivity (Wildman–Crippen MR) is 123 cm³/mol. The molecule has 168 valence electrons. The Hall–Kier alpha value is -2.33. The van der Waals surface area contributed by atoms with E-state index in [2.05, 4.69) is 30.3 Å². The molecule has 0 aliphatic heterocycles. The number of benzene rings is 2. The van der Waals surface area contributed by atoms with Gasteiger partial charge >= 0.3 is 5.97 Å². The third-order valence-electron chi connectivity index (χ3n) is 6.35. The lowest BCUT2D eigenvalue weighted by Crippen LogP contribution is -2.09. The van der Waals surface area contributed by atoms with E-state index in [4.69, 9.17) is 9.84 Å². The molecule has 0 amide bonds. The van der Waals surface area contributed by atoms with E-state index in [9.17, 15) is 9.90 Å². The van der Waals surface area contributed by atoms with Gasteiger partial charge in [-0.05, 0) is 67.2 Å². The van der Waals surface area contributed by atoms with Crippen LogP contribution >= 0.6 is 0 Å². The van der Waals surface area contributed by atoms with Gasteiger partial charge in [-0.2, -0.15) is 0 Å². The third-order valence-corrected chi connectivity index (χ3v) is 6.35. The van der Waals surface area contributed by atoms with Crippen LogP contribution in [-0.2, 0) is 17.8 Å². The van der Waals surface area contributed by atoms with Crippen LogP contribution in [-0.4, -0.2) is 22.3 Å². The SMILES string of the molecule is O=C(O)CCCCC(O)CCc1ccccc1OCc1ccc(C2CCCCC2)cc1. The van der Waals surface area contributed by atoms with Crippen molar-refractivity contribution in [3.8, 4) is 5.75 Å². The van der Waals surface area contributed by atoms with Crippen LogP contribution in [0.3, 0.4) is 0 Å². The number of aliphatic hydroxyl groups is 1. The molecule has 0 aromatic heterocycles. The molecule has 1 aliphatic rings. The molecule has 0 spiro atoms. The lowest BCUT2D eigenvalue weighted by molar-refractivity contribution is -0.137. The highest BCUT2D eigenvalue weighted by Crippen LogP contribution is 2.32. The van der Waals surface area contributed by atoms with Crippen molar-refractivity contribution in [2.75, 3.05) is 0 Å². The number of ether oxygens (including phenoxy) is 1. The zero-order chi connectivity index (χ0) is 21.9. The van der Waals surface area contributed by atoms with E-state index < -0.39 is 12.1 Å². The lowest BCUT2D eigenvalue weighted by atomic mass is 9.84. The molecular formula is C27H36O4. The number of unbranched alkanes of at least 4 members (excludes halogenated alkanes) is 1.